The van der Waals surface area contributed by atoms with Gasteiger partial charge in [-0.3, -0.25) is 4.79 Å². The molecule has 6 heteroatoms. The molecule has 1 amide bonds. The molecule has 0 spiro atoms. The van der Waals surface area contributed by atoms with Crippen LogP contribution in [0.1, 0.15) is 29.8 Å². The number of nitrogens with zero attached hydrogens (tertiary/aromatic N) is 1. The fraction of sp³-hybridized carbons (Fsp3) is 0.273. The topological polar surface area (TPSA) is 81.2 Å². The summed E-state index contributed by atoms with van der Waals surface area (Å²) in [6, 6.07) is 17.4. The molecule has 0 bridgehead atoms. The molecule has 0 fully saturated rings. The van der Waals surface area contributed by atoms with Crippen LogP contribution in [-0.2, 0) is 11.2 Å². The van der Waals surface area contributed by atoms with E-state index >= 15 is 0 Å². The summed E-state index contributed by atoms with van der Waals surface area (Å²) >= 11 is 0. The van der Waals surface area contributed by atoms with E-state index in [1.807, 2.05) is 68.4 Å². The van der Waals surface area contributed by atoms with Gasteiger partial charge >= 0.3 is 0 Å². The lowest BCUT2D eigenvalue weighted by Gasteiger charge is -2.19. The van der Waals surface area contributed by atoms with E-state index in [2.05, 4.69) is 10.3 Å². The summed E-state index contributed by atoms with van der Waals surface area (Å²) in [5.74, 6) is 0.220. The SMILES string of the molecule is Cc1ccc(-c2nc(CCNC(=O)C(C)C(N)c3ccccc3)co2)cc1.Cl. The smallest absolute Gasteiger partial charge is 0.226 e. The predicted octanol–water partition coefficient (Wildman–Crippen LogP) is 4.07. The highest BCUT2D eigenvalue weighted by Gasteiger charge is 2.21. The van der Waals surface area contributed by atoms with Crippen molar-refractivity contribution >= 4 is 18.3 Å². The Balaban J connectivity index is 0.00000280. The Labute approximate surface area is 171 Å². The highest BCUT2D eigenvalue weighted by molar-refractivity contribution is 5.85. The molecule has 3 N–H and O–H groups in total. The summed E-state index contributed by atoms with van der Waals surface area (Å²) in [6.07, 6.45) is 2.24. The molecule has 28 heavy (non-hydrogen) atoms. The maximum Gasteiger partial charge on any atom is 0.226 e. The minimum absolute atomic E-state index is 0. The molecule has 0 saturated heterocycles. The molecular weight excluding hydrogens is 374 g/mol. The summed E-state index contributed by atoms with van der Waals surface area (Å²) in [6.45, 7) is 4.38. The number of benzene rings is 2. The third-order valence-corrected chi connectivity index (χ3v) is 4.67. The number of hydrogen-bond donors (Lipinski definition) is 2. The molecule has 148 valence electrons. The summed E-state index contributed by atoms with van der Waals surface area (Å²) in [5.41, 5.74) is 10.1. The fourth-order valence-electron chi connectivity index (χ4n) is 2.85. The number of carbonyl (C=O) groups is 1. The molecule has 3 aromatic rings. The first-order chi connectivity index (χ1) is 13.0. The van der Waals surface area contributed by atoms with Gasteiger partial charge in [0.25, 0.3) is 0 Å². The van der Waals surface area contributed by atoms with Gasteiger partial charge < -0.3 is 15.5 Å². The largest absolute Gasteiger partial charge is 0.444 e. The molecule has 1 heterocycles. The number of amides is 1. The molecular formula is C22H26ClN3O2. The number of nitrogens with two attached hydrogens (primary N) is 1. The Bertz CT molecular complexity index is 878. The van der Waals surface area contributed by atoms with E-state index in [9.17, 15) is 4.79 Å². The van der Waals surface area contributed by atoms with Crippen molar-refractivity contribution in [3.05, 3.63) is 77.7 Å². The predicted molar refractivity (Wildman–Crippen MR) is 113 cm³/mol. The average Bonchev–Trinajstić information content (AvgIpc) is 3.17. The maximum absolute atomic E-state index is 12.4. The van der Waals surface area contributed by atoms with Gasteiger partial charge in [-0.1, -0.05) is 55.0 Å². The second-order valence-electron chi connectivity index (χ2n) is 6.78. The van der Waals surface area contributed by atoms with Gasteiger partial charge in [-0.25, -0.2) is 4.98 Å². The van der Waals surface area contributed by atoms with E-state index < -0.39 is 0 Å². The van der Waals surface area contributed by atoms with Gasteiger partial charge in [0.05, 0.1) is 11.6 Å². The first kappa shape index (κ1) is 21.7. The Kier molecular flexibility index (Phi) is 7.79. The second kappa shape index (κ2) is 10.1. The van der Waals surface area contributed by atoms with Crippen molar-refractivity contribution in [2.45, 2.75) is 26.3 Å². The van der Waals surface area contributed by atoms with Crippen molar-refractivity contribution in [2.75, 3.05) is 6.54 Å². The third kappa shape index (κ3) is 5.44. The standard InChI is InChI=1S/C22H25N3O2.ClH/c1-15-8-10-18(11-9-15)22-25-19(14-27-22)12-13-24-21(26)16(2)20(23)17-6-4-3-5-7-17;/h3-11,14,16,20H,12-13,23H2,1-2H3,(H,24,26);1H. The summed E-state index contributed by atoms with van der Waals surface area (Å²) in [4.78, 5) is 16.9. The lowest BCUT2D eigenvalue weighted by Crippen LogP contribution is -2.36. The van der Waals surface area contributed by atoms with E-state index in [-0.39, 0.29) is 30.3 Å². The first-order valence-corrected chi connectivity index (χ1v) is 9.14. The lowest BCUT2D eigenvalue weighted by atomic mass is 9.94. The van der Waals surface area contributed by atoms with Crippen molar-refractivity contribution in [1.82, 2.24) is 10.3 Å². The number of nitrogens with one attached hydrogen (secondary N) is 1. The number of carbonyl (C=O) groups excluding carboxylic acids is 1. The molecule has 5 nitrogen and oxygen atoms in total. The number of halogens is 1. The molecule has 0 radical (unpaired) electrons. The van der Waals surface area contributed by atoms with Gasteiger partial charge in [0, 0.05) is 24.6 Å². The van der Waals surface area contributed by atoms with Crippen molar-refractivity contribution in [2.24, 2.45) is 11.7 Å². The third-order valence-electron chi connectivity index (χ3n) is 4.67. The zero-order chi connectivity index (χ0) is 19.2. The molecule has 2 unspecified atom stereocenters. The quantitative estimate of drug-likeness (QED) is 0.627. The molecule has 0 aliphatic rings. The highest BCUT2D eigenvalue weighted by Crippen LogP contribution is 2.20. The Morgan fingerprint density at radius 3 is 2.50 bits per heavy atom. The molecule has 1 aromatic heterocycles. The monoisotopic (exact) mass is 399 g/mol. The maximum atomic E-state index is 12.4. The van der Waals surface area contributed by atoms with Crippen molar-refractivity contribution in [3.8, 4) is 11.5 Å². The van der Waals surface area contributed by atoms with Crippen LogP contribution in [0.25, 0.3) is 11.5 Å². The van der Waals surface area contributed by atoms with Gasteiger partial charge in [0.1, 0.15) is 6.26 Å². The van der Waals surface area contributed by atoms with Gasteiger partial charge in [-0.05, 0) is 24.6 Å². The van der Waals surface area contributed by atoms with Crippen LogP contribution in [-0.4, -0.2) is 17.4 Å². The molecule has 0 aliphatic heterocycles. The second-order valence-corrected chi connectivity index (χ2v) is 6.78. The number of aromatic nitrogens is 1. The van der Waals surface area contributed by atoms with Crippen LogP contribution >= 0.6 is 12.4 Å². The summed E-state index contributed by atoms with van der Waals surface area (Å²) < 4.78 is 5.55. The molecule has 0 aliphatic carbocycles. The van der Waals surface area contributed by atoms with E-state index in [0.29, 0.717) is 18.9 Å². The van der Waals surface area contributed by atoms with Gasteiger partial charge in [0.2, 0.25) is 11.8 Å². The highest BCUT2D eigenvalue weighted by atomic mass is 35.5. The van der Waals surface area contributed by atoms with Gasteiger partial charge in [-0.15, -0.1) is 12.4 Å². The number of aryl methyl sites for hydroxylation is 1. The number of hydrogen-bond acceptors (Lipinski definition) is 4. The summed E-state index contributed by atoms with van der Waals surface area (Å²) in [5, 5.41) is 2.94. The van der Waals surface area contributed by atoms with Crippen LogP contribution in [0.15, 0.2) is 65.3 Å². The Hall–Kier alpha value is -2.63. The van der Waals surface area contributed by atoms with Crippen LogP contribution in [0, 0.1) is 12.8 Å². The van der Waals surface area contributed by atoms with Crippen molar-refractivity contribution in [1.29, 1.82) is 0 Å². The van der Waals surface area contributed by atoms with Gasteiger partial charge in [-0.2, -0.15) is 0 Å². The minimum Gasteiger partial charge on any atom is -0.444 e. The normalized spacial score (nSPS) is 12.7. The number of oxazole rings is 1. The fourth-order valence-corrected chi connectivity index (χ4v) is 2.85. The van der Waals surface area contributed by atoms with Crippen LogP contribution in [0.4, 0.5) is 0 Å². The van der Waals surface area contributed by atoms with Crippen LogP contribution < -0.4 is 11.1 Å². The molecule has 2 aromatic carbocycles. The lowest BCUT2D eigenvalue weighted by molar-refractivity contribution is -0.125. The van der Waals surface area contributed by atoms with Crippen LogP contribution in [0.3, 0.4) is 0 Å². The van der Waals surface area contributed by atoms with Crippen LogP contribution in [0.5, 0.6) is 0 Å². The van der Waals surface area contributed by atoms with Crippen LogP contribution in [0.2, 0.25) is 0 Å². The average molecular weight is 400 g/mol. The first-order valence-electron chi connectivity index (χ1n) is 9.14. The Morgan fingerprint density at radius 1 is 1.14 bits per heavy atom. The molecule has 3 rings (SSSR count). The van der Waals surface area contributed by atoms with E-state index in [1.54, 1.807) is 6.26 Å². The zero-order valence-electron chi connectivity index (χ0n) is 16.1. The van der Waals surface area contributed by atoms with E-state index in [0.717, 1.165) is 16.8 Å². The van der Waals surface area contributed by atoms with Crippen molar-refractivity contribution in [3.63, 3.8) is 0 Å². The van der Waals surface area contributed by atoms with E-state index in [4.69, 9.17) is 10.2 Å². The molecule has 0 saturated carbocycles. The number of rotatable bonds is 7. The zero-order valence-corrected chi connectivity index (χ0v) is 16.9. The van der Waals surface area contributed by atoms with Gasteiger partial charge in [0.15, 0.2) is 0 Å². The Morgan fingerprint density at radius 2 is 1.82 bits per heavy atom. The molecule has 2 atom stereocenters. The summed E-state index contributed by atoms with van der Waals surface area (Å²) in [7, 11) is 0. The van der Waals surface area contributed by atoms with E-state index in [1.165, 1.54) is 5.56 Å². The minimum atomic E-state index is -0.327. The van der Waals surface area contributed by atoms with Crippen molar-refractivity contribution < 1.29 is 9.21 Å².